The first-order chi connectivity index (χ1) is 4.68. The number of halogens is 2. The van der Waals surface area contributed by atoms with E-state index in [4.69, 9.17) is 23.2 Å². The van der Waals surface area contributed by atoms with Crippen LogP contribution in [0.1, 0.15) is 0 Å². The number of carbonyl (C=O) groups is 1. The van der Waals surface area contributed by atoms with Crippen molar-refractivity contribution in [2.45, 2.75) is 4.84 Å². The normalized spacial score (nSPS) is 10.3. The molecule has 6 heteroatoms. The van der Waals surface area contributed by atoms with Gasteiger partial charge in [0.05, 0.1) is 0 Å². The molecule has 0 saturated heterocycles. The van der Waals surface area contributed by atoms with Crippen LogP contribution in [0.4, 0.5) is 0 Å². The zero-order valence-corrected chi connectivity index (χ0v) is 6.09. The number of hydrogen-bond donors (Lipinski definition) is 0. The predicted octanol–water partition coefficient (Wildman–Crippen LogP) is 0.429. The first-order valence-electron chi connectivity index (χ1n) is 2.07. The van der Waals surface area contributed by atoms with Crippen molar-refractivity contribution < 1.29 is 14.4 Å². The second kappa shape index (κ2) is 5.20. The average Bonchev–Trinajstić information content (AvgIpc) is 1.88. The molecular formula is C4H2Cl2NO3. The minimum absolute atomic E-state index is 0.633. The average molecular weight is 183 g/mol. The molecule has 0 heterocycles. The largest absolute Gasteiger partial charge is 0.367 e. The maximum absolute atomic E-state index is 10.3. The second-order valence-corrected chi connectivity index (χ2v) is 2.16. The topological polar surface area (TPSA) is 55.7 Å². The standard InChI is InChI=1S/C4H2Cl2NO3/c5-3(6)4(9)10-7-1-2-8/h1,3H. The molecule has 0 aromatic heterocycles. The van der Waals surface area contributed by atoms with Crippen molar-refractivity contribution in [2.75, 3.05) is 0 Å². The lowest BCUT2D eigenvalue weighted by molar-refractivity contribution is -0.141. The third kappa shape index (κ3) is 4.29. The van der Waals surface area contributed by atoms with Crippen LogP contribution in [0.2, 0.25) is 0 Å². The lowest BCUT2D eigenvalue weighted by atomic mass is 10.8. The van der Waals surface area contributed by atoms with Crippen LogP contribution in [-0.4, -0.2) is 23.3 Å². The number of alkyl halides is 2. The van der Waals surface area contributed by atoms with Gasteiger partial charge in [0.1, 0.15) is 6.21 Å². The van der Waals surface area contributed by atoms with Crippen LogP contribution in [0, 0.1) is 0 Å². The zero-order valence-electron chi connectivity index (χ0n) is 4.58. The Morgan fingerprint density at radius 1 is 1.70 bits per heavy atom. The fourth-order valence-corrected chi connectivity index (χ4v) is 0.219. The molecule has 0 aromatic rings. The highest BCUT2D eigenvalue weighted by atomic mass is 35.5. The summed E-state index contributed by atoms with van der Waals surface area (Å²) in [5.74, 6) is -0.935. The molecule has 0 atom stereocenters. The number of hydrogen-bond acceptors (Lipinski definition) is 4. The third-order valence-electron chi connectivity index (χ3n) is 0.426. The van der Waals surface area contributed by atoms with Gasteiger partial charge in [0, 0.05) is 0 Å². The van der Waals surface area contributed by atoms with Crippen LogP contribution >= 0.6 is 23.2 Å². The Morgan fingerprint density at radius 2 is 2.30 bits per heavy atom. The first kappa shape index (κ1) is 9.39. The monoisotopic (exact) mass is 182 g/mol. The van der Waals surface area contributed by atoms with Gasteiger partial charge in [-0.15, -0.1) is 0 Å². The van der Waals surface area contributed by atoms with Crippen molar-refractivity contribution >= 4 is 41.7 Å². The molecule has 0 aliphatic carbocycles. The lowest BCUT2D eigenvalue weighted by Gasteiger charge is -1.93. The maximum Gasteiger partial charge on any atom is 0.367 e. The van der Waals surface area contributed by atoms with Gasteiger partial charge in [0.2, 0.25) is 11.1 Å². The van der Waals surface area contributed by atoms with E-state index in [1.807, 2.05) is 0 Å². The van der Waals surface area contributed by atoms with E-state index in [0.717, 1.165) is 0 Å². The number of oxime groups is 1. The van der Waals surface area contributed by atoms with E-state index in [-0.39, 0.29) is 0 Å². The van der Waals surface area contributed by atoms with E-state index in [1.54, 1.807) is 0 Å². The van der Waals surface area contributed by atoms with Gasteiger partial charge in [-0.1, -0.05) is 28.4 Å². The van der Waals surface area contributed by atoms with Gasteiger partial charge in [-0.05, 0) is 0 Å². The highest BCUT2D eigenvalue weighted by Gasteiger charge is 2.12. The molecule has 4 nitrogen and oxygen atoms in total. The van der Waals surface area contributed by atoms with E-state index in [0.29, 0.717) is 6.21 Å². The van der Waals surface area contributed by atoms with E-state index in [2.05, 4.69) is 9.99 Å². The van der Waals surface area contributed by atoms with Gasteiger partial charge < -0.3 is 4.84 Å². The molecule has 0 fully saturated rings. The van der Waals surface area contributed by atoms with Gasteiger partial charge in [-0.3, -0.25) is 4.79 Å². The third-order valence-corrected chi connectivity index (χ3v) is 0.783. The molecule has 0 saturated carbocycles. The summed E-state index contributed by atoms with van der Waals surface area (Å²) in [6.07, 6.45) is 1.89. The molecule has 55 valence electrons. The summed E-state index contributed by atoms with van der Waals surface area (Å²) >= 11 is 10.1. The molecular weight excluding hydrogens is 181 g/mol. The molecule has 1 radical (unpaired) electrons. The molecule has 0 rings (SSSR count). The summed E-state index contributed by atoms with van der Waals surface area (Å²) in [6, 6.07) is 0. The van der Waals surface area contributed by atoms with E-state index >= 15 is 0 Å². The first-order valence-corrected chi connectivity index (χ1v) is 2.94. The van der Waals surface area contributed by atoms with E-state index in [1.165, 1.54) is 6.29 Å². The van der Waals surface area contributed by atoms with Gasteiger partial charge in [0.25, 0.3) is 0 Å². The van der Waals surface area contributed by atoms with Crippen molar-refractivity contribution in [3.63, 3.8) is 0 Å². The van der Waals surface area contributed by atoms with Gasteiger partial charge in [-0.2, -0.15) is 0 Å². The van der Waals surface area contributed by atoms with E-state index in [9.17, 15) is 9.59 Å². The minimum Gasteiger partial charge on any atom is -0.315 e. The van der Waals surface area contributed by atoms with Crippen molar-refractivity contribution in [3.05, 3.63) is 0 Å². The van der Waals surface area contributed by atoms with Gasteiger partial charge >= 0.3 is 5.97 Å². The van der Waals surface area contributed by atoms with Crippen molar-refractivity contribution in [1.82, 2.24) is 0 Å². The SMILES string of the molecule is O=[C]C=NOC(=O)C(Cl)Cl. The Labute approximate surface area is 66.7 Å². The lowest BCUT2D eigenvalue weighted by Crippen LogP contribution is -2.08. The smallest absolute Gasteiger partial charge is 0.315 e. The van der Waals surface area contributed by atoms with Crippen molar-refractivity contribution in [3.8, 4) is 0 Å². The Morgan fingerprint density at radius 3 is 2.70 bits per heavy atom. The molecule has 0 aliphatic rings. The minimum atomic E-state index is -1.29. The molecule has 0 aromatic carbocycles. The quantitative estimate of drug-likeness (QED) is 0.276. The molecule has 0 spiro atoms. The molecule has 0 bridgehead atoms. The Kier molecular flexibility index (Phi) is 4.88. The molecule has 0 N–H and O–H groups in total. The van der Waals surface area contributed by atoms with Crippen molar-refractivity contribution in [2.24, 2.45) is 5.16 Å². The number of rotatable bonds is 3. The van der Waals surface area contributed by atoms with E-state index < -0.39 is 10.8 Å². The summed E-state index contributed by atoms with van der Waals surface area (Å²) in [5, 5.41) is 2.84. The van der Waals surface area contributed by atoms with Crippen LogP contribution in [0.5, 0.6) is 0 Å². The van der Waals surface area contributed by atoms with Crippen LogP contribution in [0.15, 0.2) is 5.16 Å². The van der Waals surface area contributed by atoms with Crippen LogP contribution in [-0.2, 0) is 14.4 Å². The zero-order chi connectivity index (χ0) is 7.98. The number of nitrogens with zero attached hydrogens (tertiary/aromatic N) is 1. The van der Waals surface area contributed by atoms with Crippen LogP contribution < -0.4 is 0 Å². The predicted molar refractivity (Wildman–Crippen MR) is 35.8 cm³/mol. The van der Waals surface area contributed by atoms with Crippen LogP contribution in [0.25, 0.3) is 0 Å². The van der Waals surface area contributed by atoms with Crippen molar-refractivity contribution in [1.29, 1.82) is 0 Å². The Balaban J connectivity index is 3.59. The fourth-order valence-electron chi connectivity index (χ4n) is 0.140. The fraction of sp³-hybridized carbons (Fsp3) is 0.250. The van der Waals surface area contributed by atoms with Gasteiger partial charge in [-0.25, -0.2) is 4.79 Å². The summed E-state index contributed by atoms with van der Waals surface area (Å²) in [6.45, 7) is 0. The highest BCUT2D eigenvalue weighted by molar-refractivity contribution is 6.52. The molecule has 0 aliphatic heterocycles. The summed E-state index contributed by atoms with van der Waals surface area (Å²) in [4.78, 5) is 22.4. The summed E-state index contributed by atoms with van der Waals surface area (Å²) < 4.78 is 0. The van der Waals surface area contributed by atoms with Gasteiger partial charge in [0.15, 0.2) is 0 Å². The summed E-state index contributed by atoms with van der Waals surface area (Å²) in [5.41, 5.74) is 0. The maximum atomic E-state index is 10.3. The molecule has 10 heavy (non-hydrogen) atoms. The molecule has 0 unspecified atom stereocenters. The molecule has 0 amide bonds. The number of carbonyl (C=O) groups excluding carboxylic acids is 2. The van der Waals surface area contributed by atoms with Crippen LogP contribution in [0.3, 0.4) is 0 Å². The summed E-state index contributed by atoms with van der Waals surface area (Å²) in [7, 11) is 0. The Bertz CT molecular complexity index is 157. The highest BCUT2D eigenvalue weighted by Crippen LogP contribution is 2.02. The second-order valence-electron chi connectivity index (χ2n) is 1.06. The Hall–Kier alpha value is -0.610.